The lowest BCUT2D eigenvalue weighted by Crippen LogP contribution is -2.43. The average molecular weight is 281 g/mol. The van der Waals surface area contributed by atoms with E-state index in [4.69, 9.17) is 5.26 Å². The molecule has 0 aromatic rings. The first-order valence-corrected chi connectivity index (χ1v) is 7.37. The van der Waals surface area contributed by atoms with Crippen LogP contribution in [-0.2, 0) is 4.79 Å². The highest BCUT2D eigenvalue weighted by Crippen LogP contribution is 2.16. The molecule has 0 aromatic heterocycles. The van der Waals surface area contributed by atoms with Crippen molar-refractivity contribution in [3.63, 3.8) is 0 Å². The minimum absolute atomic E-state index is 0.124. The predicted molar refractivity (Wildman–Crippen MR) is 77.9 cm³/mol. The molecule has 1 rings (SSSR count). The van der Waals surface area contributed by atoms with Gasteiger partial charge >= 0.3 is 0 Å². The van der Waals surface area contributed by atoms with E-state index in [1.165, 1.54) is 0 Å². The van der Waals surface area contributed by atoms with Crippen molar-refractivity contribution >= 4 is 5.91 Å². The van der Waals surface area contributed by atoms with Crippen LogP contribution in [0.1, 0.15) is 40.0 Å². The van der Waals surface area contributed by atoms with E-state index >= 15 is 0 Å². The molecule has 0 aromatic carbocycles. The Morgan fingerprint density at radius 3 is 2.70 bits per heavy atom. The van der Waals surface area contributed by atoms with E-state index in [0.717, 1.165) is 19.5 Å². The van der Waals surface area contributed by atoms with Crippen molar-refractivity contribution in [2.24, 2.45) is 5.41 Å². The van der Waals surface area contributed by atoms with Crippen LogP contribution in [0.25, 0.3) is 0 Å². The van der Waals surface area contributed by atoms with Gasteiger partial charge in [0.25, 0.3) is 0 Å². The number of nitrogens with zero attached hydrogens (tertiary/aromatic N) is 3. The molecule has 20 heavy (non-hydrogen) atoms. The van der Waals surface area contributed by atoms with E-state index in [1.807, 2.05) is 0 Å². The smallest absolute Gasteiger partial charge is 0.222 e. The quantitative estimate of drug-likeness (QED) is 0.762. The summed E-state index contributed by atoms with van der Waals surface area (Å²) >= 11 is 0. The molecule has 0 spiro atoms. The molecule has 1 N–H and O–H groups in total. The summed E-state index contributed by atoms with van der Waals surface area (Å²) < 4.78 is 0. The molecule has 0 bridgehead atoms. The lowest BCUT2D eigenvalue weighted by Gasteiger charge is -2.32. The highest BCUT2D eigenvalue weighted by Gasteiger charge is 2.24. The molecule has 0 saturated carbocycles. The van der Waals surface area contributed by atoms with Crippen LogP contribution in [-0.4, -0.2) is 59.6 Å². The van der Waals surface area contributed by atoms with Gasteiger partial charge in [-0.3, -0.25) is 9.69 Å². The molecular formula is C15H27N3O2. The fraction of sp³-hybridized carbons (Fsp3) is 0.867. The Morgan fingerprint density at radius 2 is 2.20 bits per heavy atom. The number of carbonyl (C=O) groups excluding carboxylic acids is 1. The van der Waals surface area contributed by atoms with Crippen molar-refractivity contribution in [1.29, 1.82) is 5.26 Å². The van der Waals surface area contributed by atoms with Gasteiger partial charge in [0, 0.05) is 45.6 Å². The first-order valence-electron chi connectivity index (χ1n) is 7.37. The standard InChI is InChI=1S/C15H27N3O2/c1-15(2,3)12-17(8-5-7-16)10-13(19)11-18-9-4-6-14(18)20/h13,19H,4-6,8-12H2,1-3H3/t13-/m1/s1. The van der Waals surface area contributed by atoms with Gasteiger partial charge in [0.2, 0.25) is 5.91 Å². The zero-order valence-corrected chi connectivity index (χ0v) is 12.9. The van der Waals surface area contributed by atoms with Gasteiger partial charge in [-0.1, -0.05) is 20.8 Å². The number of carbonyl (C=O) groups is 1. The van der Waals surface area contributed by atoms with Crippen molar-refractivity contribution in [1.82, 2.24) is 9.80 Å². The first kappa shape index (κ1) is 16.9. The minimum atomic E-state index is -0.543. The normalized spacial score (nSPS) is 17.6. The Balaban J connectivity index is 2.46. The molecule has 1 saturated heterocycles. The Bertz CT molecular complexity index is 357. The van der Waals surface area contributed by atoms with Gasteiger partial charge in [-0.2, -0.15) is 5.26 Å². The van der Waals surface area contributed by atoms with Crippen LogP contribution in [0.3, 0.4) is 0 Å². The van der Waals surface area contributed by atoms with Crippen molar-refractivity contribution in [3.8, 4) is 6.07 Å². The highest BCUT2D eigenvalue weighted by molar-refractivity contribution is 5.78. The summed E-state index contributed by atoms with van der Waals surface area (Å²) in [6.07, 6.45) is 1.42. The van der Waals surface area contributed by atoms with E-state index in [1.54, 1.807) is 4.90 Å². The van der Waals surface area contributed by atoms with Gasteiger partial charge in [-0.25, -0.2) is 0 Å². The van der Waals surface area contributed by atoms with E-state index in [2.05, 4.69) is 31.7 Å². The number of hydrogen-bond donors (Lipinski definition) is 1. The molecule has 1 atom stereocenters. The number of aliphatic hydroxyl groups is 1. The molecule has 5 nitrogen and oxygen atoms in total. The van der Waals surface area contributed by atoms with Gasteiger partial charge in [0.15, 0.2) is 0 Å². The maximum atomic E-state index is 11.6. The van der Waals surface area contributed by atoms with E-state index in [9.17, 15) is 9.90 Å². The second kappa shape index (κ2) is 7.61. The molecule has 1 heterocycles. The Labute approximate surface area is 122 Å². The monoisotopic (exact) mass is 281 g/mol. The lowest BCUT2D eigenvalue weighted by molar-refractivity contribution is -0.129. The highest BCUT2D eigenvalue weighted by atomic mass is 16.3. The van der Waals surface area contributed by atoms with Crippen molar-refractivity contribution in [3.05, 3.63) is 0 Å². The SMILES string of the molecule is CC(C)(C)CN(CCC#N)C[C@@H](O)CN1CCCC1=O. The van der Waals surface area contributed by atoms with Crippen molar-refractivity contribution in [2.75, 3.05) is 32.7 Å². The van der Waals surface area contributed by atoms with E-state index in [-0.39, 0.29) is 11.3 Å². The Morgan fingerprint density at radius 1 is 1.50 bits per heavy atom. The third kappa shape index (κ3) is 6.36. The van der Waals surface area contributed by atoms with Gasteiger partial charge < -0.3 is 10.0 Å². The topological polar surface area (TPSA) is 67.6 Å². The van der Waals surface area contributed by atoms with Crippen LogP contribution >= 0.6 is 0 Å². The average Bonchev–Trinajstić information content (AvgIpc) is 2.70. The maximum absolute atomic E-state index is 11.6. The number of amides is 1. The van der Waals surface area contributed by atoms with Gasteiger partial charge in [0.1, 0.15) is 0 Å². The lowest BCUT2D eigenvalue weighted by atomic mass is 9.96. The van der Waals surface area contributed by atoms with Crippen LogP contribution in [0.15, 0.2) is 0 Å². The fourth-order valence-corrected chi connectivity index (χ4v) is 2.62. The molecule has 114 valence electrons. The molecule has 1 aliphatic rings. The van der Waals surface area contributed by atoms with Gasteiger partial charge in [-0.05, 0) is 11.8 Å². The second-order valence-corrected chi connectivity index (χ2v) is 6.80. The van der Waals surface area contributed by atoms with Crippen LogP contribution < -0.4 is 0 Å². The Kier molecular flexibility index (Phi) is 6.44. The number of likely N-dealkylation sites (tertiary alicyclic amines) is 1. The summed E-state index contributed by atoms with van der Waals surface area (Å²) in [5.41, 5.74) is 0.124. The molecule has 0 unspecified atom stereocenters. The number of rotatable bonds is 7. The number of aliphatic hydroxyl groups excluding tert-OH is 1. The molecule has 5 heteroatoms. The van der Waals surface area contributed by atoms with Crippen molar-refractivity contribution in [2.45, 2.75) is 46.1 Å². The predicted octanol–water partition coefficient (Wildman–Crippen LogP) is 1.23. The maximum Gasteiger partial charge on any atom is 0.222 e. The van der Waals surface area contributed by atoms with Gasteiger partial charge in [0.05, 0.1) is 12.2 Å². The summed E-state index contributed by atoms with van der Waals surface area (Å²) in [7, 11) is 0. The molecule has 0 aliphatic carbocycles. The summed E-state index contributed by atoms with van der Waals surface area (Å²) in [6.45, 7) is 9.61. The first-order chi connectivity index (χ1) is 9.31. The fourth-order valence-electron chi connectivity index (χ4n) is 2.62. The number of hydrogen-bond acceptors (Lipinski definition) is 4. The second-order valence-electron chi connectivity index (χ2n) is 6.80. The summed E-state index contributed by atoms with van der Waals surface area (Å²) in [5, 5.41) is 18.9. The minimum Gasteiger partial charge on any atom is -0.390 e. The molecular weight excluding hydrogens is 254 g/mol. The summed E-state index contributed by atoms with van der Waals surface area (Å²) in [4.78, 5) is 15.4. The number of β-amino-alcohol motifs (C(OH)–C–C–N with tert-alkyl or cyclic N) is 1. The molecule has 1 fully saturated rings. The molecule has 1 amide bonds. The summed E-state index contributed by atoms with van der Waals surface area (Å²) in [6, 6.07) is 2.15. The van der Waals surface area contributed by atoms with E-state index in [0.29, 0.717) is 32.5 Å². The zero-order valence-electron chi connectivity index (χ0n) is 12.9. The zero-order chi connectivity index (χ0) is 15.2. The van der Waals surface area contributed by atoms with Crippen LogP contribution in [0.2, 0.25) is 0 Å². The molecule has 1 aliphatic heterocycles. The van der Waals surface area contributed by atoms with Gasteiger partial charge in [-0.15, -0.1) is 0 Å². The third-order valence-electron chi connectivity index (χ3n) is 3.31. The third-order valence-corrected chi connectivity index (χ3v) is 3.31. The number of nitriles is 1. The molecule has 0 radical (unpaired) electrons. The summed E-state index contributed by atoms with van der Waals surface area (Å²) in [5.74, 6) is 0.142. The van der Waals surface area contributed by atoms with Crippen LogP contribution in [0, 0.1) is 16.7 Å². The Hall–Kier alpha value is -1.12. The van der Waals surface area contributed by atoms with Crippen LogP contribution in [0.4, 0.5) is 0 Å². The van der Waals surface area contributed by atoms with Crippen LogP contribution in [0.5, 0.6) is 0 Å². The van der Waals surface area contributed by atoms with Crippen molar-refractivity contribution < 1.29 is 9.90 Å². The van der Waals surface area contributed by atoms with E-state index < -0.39 is 6.10 Å². The largest absolute Gasteiger partial charge is 0.390 e.